The molecule has 0 radical (unpaired) electrons. The molecular weight excluding hydrogens is 206 g/mol. The molecule has 1 atom stereocenters. The van der Waals surface area contributed by atoms with E-state index < -0.39 is 0 Å². The van der Waals surface area contributed by atoms with Crippen molar-refractivity contribution in [2.24, 2.45) is 5.92 Å². The molecule has 3 rings (SSSR count). The summed E-state index contributed by atoms with van der Waals surface area (Å²) < 4.78 is 0. The van der Waals surface area contributed by atoms with Gasteiger partial charge in [0.2, 0.25) is 0 Å². The molecule has 2 heteroatoms. The van der Waals surface area contributed by atoms with E-state index in [4.69, 9.17) is 11.6 Å². The number of benzene rings is 1. The molecule has 1 aliphatic carbocycles. The van der Waals surface area contributed by atoms with Crippen molar-refractivity contribution < 1.29 is 0 Å². The molecule has 1 aromatic rings. The Hall–Kier alpha value is -0.530. The van der Waals surface area contributed by atoms with Crippen LogP contribution >= 0.6 is 11.6 Å². The molecule has 0 spiro atoms. The Bertz CT molecular complexity index is 365. The molecule has 2 aliphatic rings. The van der Waals surface area contributed by atoms with E-state index >= 15 is 0 Å². The fourth-order valence-corrected chi connectivity index (χ4v) is 3.13. The zero-order valence-electron chi connectivity index (χ0n) is 8.80. The van der Waals surface area contributed by atoms with Gasteiger partial charge in [-0.25, -0.2) is 0 Å². The van der Waals surface area contributed by atoms with Crippen LogP contribution in [-0.4, -0.2) is 6.54 Å². The van der Waals surface area contributed by atoms with Crippen molar-refractivity contribution in [3.05, 3.63) is 34.9 Å². The average Bonchev–Trinajstić information content (AvgIpc) is 2.98. The third kappa shape index (κ3) is 1.58. The normalized spacial score (nSPS) is 30.7. The zero-order chi connectivity index (χ0) is 10.3. The third-order valence-electron chi connectivity index (χ3n) is 3.80. The zero-order valence-corrected chi connectivity index (χ0v) is 9.56. The third-order valence-corrected chi connectivity index (χ3v) is 4.04. The number of rotatable bonds is 2. The van der Waals surface area contributed by atoms with Gasteiger partial charge in [-0.2, -0.15) is 0 Å². The van der Waals surface area contributed by atoms with Gasteiger partial charge in [0.25, 0.3) is 0 Å². The molecule has 1 nitrogen and oxygen atoms in total. The van der Waals surface area contributed by atoms with Crippen LogP contribution in [0.4, 0.5) is 0 Å². The van der Waals surface area contributed by atoms with Crippen molar-refractivity contribution >= 4 is 11.6 Å². The molecule has 0 amide bonds. The topological polar surface area (TPSA) is 12.0 Å². The maximum Gasteiger partial charge on any atom is 0.0464 e. The van der Waals surface area contributed by atoms with Crippen molar-refractivity contribution in [2.75, 3.05) is 6.54 Å². The highest BCUT2D eigenvalue weighted by Crippen LogP contribution is 2.50. The van der Waals surface area contributed by atoms with Crippen molar-refractivity contribution in [3.63, 3.8) is 0 Å². The van der Waals surface area contributed by atoms with Crippen LogP contribution in [0.3, 0.4) is 0 Å². The van der Waals surface area contributed by atoms with Gasteiger partial charge in [0.1, 0.15) is 0 Å². The van der Waals surface area contributed by atoms with Crippen LogP contribution in [0.25, 0.3) is 0 Å². The quantitative estimate of drug-likeness (QED) is 0.808. The number of hydrogen-bond acceptors (Lipinski definition) is 1. The molecule has 80 valence electrons. The average molecular weight is 222 g/mol. The summed E-state index contributed by atoms with van der Waals surface area (Å²) in [6.07, 6.45) is 5.32. The first kappa shape index (κ1) is 9.68. The van der Waals surface area contributed by atoms with Gasteiger partial charge in [-0.3, -0.25) is 0 Å². The Balaban J connectivity index is 2.01. The number of nitrogens with one attached hydrogen (secondary N) is 1. The van der Waals surface area contributed by atoms with Gasteiger partial charge in [0.15, 0.2) is 0 Å². The second-order valence-corrected chi connectivity index (χ2v) is 5.22. The monoisotopic (exact) mass is 221 g/mol. The SMILES string of the molecule is Clc1cccc(C2(C3CC3)CCCN2)c1. The molecule has 1 aliphatic heterocycles. The fourth-order valence-electron chi connectivity index (χ4n) is 2.94. The molecule has 1 heterocycles. The maximum absolute atomic E-state index is 6.08. The molecule has 1 N–H and O–H groups in total. The van der Waals surface area contributed by atoms with E-state index in [1.165, 1.54) is 31.2 Å². The maximum atomic E-state index is 6.08. The van der Waals surface area contributed by atoms with E-state index in [-0.39, 0.29) is 5.54 Å². The lowest BCUT2D eigenvalue weighted by Gasteiger charge is -2.30. The first-order valence-corrected chi connectivity index (χ1v) is 6.20. The second kappa shape index (κ2) is 3.50. The lowest BCUT2D eigenvalue weighted by atomic mass is 9.84. The first-order chi connectivity index (χ1) is 7.31. The van der Waals surface area contributed by atoms with Gasteiger partial charge in [0.05, 0.1) is 0 Å². The highest BCUT2D eigenvalue weighted by Gasteiger charge is 2.47. The molecule has 15 heavy (non-hydrogen) atoms. The summed E-state index contributed by atoms with van der Waals surface area (Å²) in [5.74, 6) is 0.846. The lowest BCUT2D eigenvalue weighted by Crippen LogP contribution is -2.38. The molecule has 1 saturated heterocycles. The van der Waals surface area contributed by atoms with Gasteiger partial charge in [-0.15, -0.1) is 0 Å². The van der Waals surface area contributed by atoms with Gasteiger partial charge in [-0.1, -0.05) is 23.7 Å². The molecule has 1 aromatic carbocycles. The number of hydrogen-bond donors (Lipinski definition) is 1. The van der Waals surface area contributed by atoms with E-state index in [1.54, 1.807) is 0 Å². The molecule has 1 unspecified atom stereocenters. The van der Waals surface area contributed by atoms with Crippen molar-refractivity contribution in [3.8, 4) is 0 Å². The summed E-state index contributed by atoms with van der Waals surface area (Å²) in [5, 5.41) is 4.58. The summed E-state index contributed by atoms with van der Waals surface area (Å²) in [6.45, 7) is 1.16. The standard InChI is InChI=1S/C13H16ClN/c14-12-4-1-3-11(9-12)13(10-5-6-10)7-2-8-15-13/h1,3-4,9-10,15H,2,5-8H2. The highest BCUT2D eigenvalue weighted by atomic mass is 35.5. The predicted octanol–water partition coefficient (Wildman–Crippen LogP) is 3.33. The van der Waals surface area contributed by atoms with Crippen LogP contribution in [0.1, 0.15) is 31.2 Å². The molecule has 2 fully saturated rings. The van der Waals surface area contributed by atoms with E-state index in [2.05, 4.69) is 23.5 Å². The van der Waals surface area contributed by atoms with Gasteiger partial charge < -0.3 is 5.32 Å². The number of halogens is 1. The van der Waals surface area contributed by atoms with Crippen LogP contribution < -0.4 is 5.32 Å². The summed E-state index contributed by atoms with van der Waals surface area (Å²) in [6, 6.07) is 8.39. The minimum Gasteiger partial charge on any atom is -0.307 e. The Morgan fingerprint density at radius 1 is 1.33 bits per heavy atom. The fraction of sp³-hybridized carbons (Fsp3) is 0.538. The van der Waals surface area contributed by atoms with Crippen molar-refractivity contribution in [2.45, 2.75) is 31.2 Å². The Labute approximate surface area is 95.8 Å². The largest absolute Gasteiger partial charge is 0.307 e. The summed E-state index contributed by atoms with van der Waals surface area (Å²) in [4.78, 5) is 0. The van der Waals surface area contributed by atoms with Gasteiger partial charge in [0, 0.05) is 10.6 Å². The predicted molar refractivity (Wildman–Crippen MR) is 63.1 cm³/mol. The van der Waals surface area contributed by atoms with Crippen LogP contribution in [0.15, 0.2) is 24.3 Å². The van der Waals surface area contributed by atoms with E-state index in [1.807, 2.05) is 6.07 Å². The highest BCUT2D eigenvalue weighted by molar-refractivity contribution is 6.30. The smallest absolute Gasteiger partial charge is 0.0464 e. The van der Waals surface area contributed by atoms with Crippen LogP contribution in [0, 0.1) is 5.92 Å². The van der Waals surface area contributed by atoms with Crippen LogP contribution in [-0.2, 0) is 5.54 Å². The van der Waals surface area contributed by atoms with Crippen molar-refractivity contribution in [1.29, 1.82) is 0 Å². The van der Waals surface area contributed by atoms with Crippen molar-refractivity contribution in [1.82, 2.24) is 5.32 Å². The van der Waals surface area contributed by atoms with Gasteiger partial charge >= 0.3 is 0 Å². The summed E-state index contributed by atoms with van der Waals surface area (Å²) in [7, 11) is 0. The summed E-state index contributed by atoms with van der Waals surface area (Å²) in [5.41, 5.74) is 1.65. The van der Waals surface area contributed by atoms with Crippen LogP contribution in [0.5, 0.6) is 0 Å². The van der Waals surface area contributed by atoms with Gasteiger partial charge in [-0.05, 0) is 55.8 Å². The lowest BCUT2D eigenvalue weighted by molar-refractivity contribution is 0.336. The Morgan fingerprint density at radius 3 is 2.80 bits per heavy atom. The summed E-state index contributed by atoms with van der Waals surface area (Å²) >= 11 is 6.08. The molecule has 0 aromatic heterocycles. The second-order valence-electron chi connectivity index (χ2n) is 4.79. The minimum atomic E-state index is 0.255. The molecule has 0 bridgehead atoms. The first-order valence-electron chi connectivity index (χ1n) is 5.82. The van der Waals surface area contributed by atoms with E-state index in [0.29, 0.717) is 0 Å². The molecular formula is C13H16ClN. The van der Waals surface area contributed by atoms with Crippen LogP contribution in [0.2, 0.25) is 5.02 Å². The Kier molecular flexibility index (Phi) is 2.26. The van der Waals surface area contributed by atoms with E-state index in [0.717, 1.165) is 17.5 Å². The Morgan fingerprint density at radius 2 is 2.20 bits per heavy atom. The minimum absolute atomic E-state index is 0.255. The van der Waals surface area contributed by atoms with E-state index in [9.17, 15) is 0 Å². The molecule has 1 saturated carbocycles.